The van der Waals surface area contributed by atoms with Gasteiger partial charge >= 0.3 is 0 Å². The fraction of sp³-hybridized carbons (Fsp3) is 0.200. The second kappa shape index (κ2) is 6.60. The summed E-state index contributed by atoms with van der Waals surface area (Å²) in [6, 6.07) is 6.33. The first kappa shape index (κ1) is 16.0. The van der Waals surface area contributed by atoms with Crippen LogP contribution in [0.1, 0.15) is 17.2 Å². The van der Waals surface area contributed by atoms with Crippen molar-refractivity contribution >= 4 is 23.2 Å². The van der Waals surface area contributed by atoms with Crippen molar-refractivity contribution in [2.24, 2.45) is 5.73 Å². The molecular formula is C15H13Cl2F2NO. The van der Waals surface area contributed by atoms with Gasteiger partial charge in [-0.1, -0.05) is 29.3 Å². The first-order valence-corrected chi connectivity index (χ1v) is 6.90. The van der Waals surface area contributed by atoms with Crippen LogP contribution in [0.3, 0.4) is 0 Å². The quantitative estimate of drug-likeness (QED) is 0.893. The van der Waals surface area contributed by atoms with E-state index < -0.39 is 17.7 Å². The zero-order chi connectivity index (χ0) is 15.6. The molecule has 2 rings (SSSR count). The maximum atomic E-state index is 13.9. The van der Waals surface area contributed by atoms with Gasteiger partial charge < -0.3 is 10.5 Å². The van der Waals surface area contributed by atoms with Crippen LogP contribution in [0.5, 0.6) is 5.75 Å². The van der Waals surface area contributed by atoms with E-state index in [0.29, 0.717) is 10.0 Å². The lowest BCUT2D eigenvalue weighted by atomic mass is 9.98. The van der Waals surface area contributed by atoms with Crippen LogP contribution in [0.15, 0.2) is 30.3 Å². The van der Waals surface area contributed by atoms with Gasteiger partial charge in [0.1, 0.15) is 17.4 Å². The summed E-state index contributed by atoms with van der Waals surface area (Å²) in [6.45, 7) is 0. The van der Waals surface area contributed by atoms with Gasteiger partial charge in [0.25, 0.3) is 0 Å². The molecule has 0 aliphatic rings. The Hall–Kier alpha value is -1.36. The zero-order valence-electron chi connectivity index (χ0n) is 11.2. The minimum Gasteiger partial charge on any atom is -0.497 e. The third-order valence-corrected chi connectivity index (χ3v) is 3.84. The van der Waals surface area contributed by atoms with Gasteiger partial charge in [-0.05, 0) is 24.1 Å². The van der Waals surface area contributed by atoms with Crippen LogP contribution < -0.4 is 10.5 Å². The molecule has 0 spiro atoms. The minimum atomic E-state index is -0.840. The Kier molecular flexibility index (Phi) is 5.04. The average Bonchev–Trinajstić information content (AvgIpc) is 2.42. The lowest BCUT2D eigenvalue weighted by Gasteiger charge is -2.15. The number of methoxy groups -OCH3 is 1. The Morgan fingerprint density at radius 3 is 2.24 bits per heavy atom. The molecule has 0 fully saturated rings. The van der Waals surface area contributed by atoms with Gasteiger partial charge in [0.15, 0.2) is 0 Å². The molecule has 2 N–H and O–H groups in total. The van der Waals surface area contributed by atoms with Gasteiger partial charge in [-0.25, -0.2) is 8.78 Å². The molecule has 0 bridgehead atoms. The zero-order valence-corrected chi connectivity index (χ0v) is 12.7. The molecule has 112 valence electrons. The van der Waals surface area contributed by atoms with Crippen molar-refractivity contribution in [1.82, 2.24) is 0 Å². The first-order valence-electron chi connectivity index (χ1n) is 6.14. The first-order chi connectivity index (χ1) is 9.92. The van der Waals surface area contributed by atoms with E-state index in [9.17, 15) is 8.78 Å². The predicted octanol–water partition coefficient (Wildman–Crippen LogP) is 4.52. The summed E-state index contributed by atoms with van der Waals surface area (Å²) in [5.74, 6) is -1.37. The van der Waals surface area contributed by atoms with E-state index in [1.807, 2.05) is 0 Å². The monoisotopic (exact) mass is 331 g/mol. The van der Waals surface area contributed by atoms with Crippen LogP contribution in [0, 0.1) is 11.6 Å². The summed E-state index contributed by atoms with van der Waals surface area (Å²) in [5.41, 5.74) is 6.47. The second-order valence-corrected chi connectivity index (χ2v) is 5.38. The summed E-state index contributed by atoms with van der Waals surface area (Å²) in [4.78, 5) is 0. The highest BCUT2D eigenvalue weighted by atomic mass is 35.5. The minimum absolute atomic E-state index is 0.107. The largest absolute Gasteiger partial charge is 0.497 e. The Balaban J connectivity index is 2.27. The van der Waals surface area contributed by atoms with Crippen molar-refractivity contribution in [2.45, 2.75) is 12.5 Å². The van der Waals surface area contributed by atoms with Crippen LogP contribution in [0.4, 0.5) is 8.78 Å². The van der Waals surface area contributed by atoms with Crippen LogP contribution in [0.2, 0.25) is 10.0 Å². The number of hydrogen-bond acceptors (Lipinski definition) is 2. The van der Waals surface area contributed by atoms with Crippen molar-refractivity contribution in [3.8, 4) is 5.75 Å². The van der Waals surface area contributed by atoms with Crippen LogP contribution >= 0.6 is 23.2 Å². The summed E-state index contributed by atoms with van der Waals surface area (Å²) >= 11 is 11.7. The van der Waals surface area contributed by atoms with Crippen molar-refractivity contribution in [3.63, 3.8) is 0 Å². The Labute approximate surface area is 131 Å². The predicted molar refractivity (Wildman–Crippen MR) is 80.0 cm³/mol. The Morgan fingerprint density at radius 2 is 1.71 bits per heavy atom. The lowest BCUT2D eigenvalue weighted by molar-refractivity contribution is 0.403. The van der Waals surface area contributed by atoms with Gasteiger partial charge in [0.2, 0.25) is 0 Å². The van der Waals surface area contributed by atoms with E-state index in [-0.39, 0.29) is 17.7 Å². The van der Waals surface area contributed by atoms with Crippen molar-refractivity contribution in [2.75, 3.05) is 7.11 Å². The van der Waals surface area contributed by atoms with E-state index in [0.717, 1.165) is 17.7 Å². The molecule has 2 nitrogen and oxygen atoms in total. The lowest BCUT2D eigenvalue weighted by Crippen LogP contribution is -2.17. The number of halogens is 4. The number of ether oxygens (including phenoxy) is 1. The normalized spacial score (nSPS) is 12.3. The number of nitrogens with two attached hydrogens (primary N) is 1. The number of benzene rings is 2. The number of rotatable bonds is 4. The molecule has 6 heteroatoms. The van der Waals surface area contributed by atoms with E-state index in [2.05, 4.69) is 0 Å². The molecule has 0 saturated heterocycles. The summed E-state index contributed by atoms with van der Waals surface area (Å²) < 4.78 is 32.7. The van der Waals surface area contributed by atoms with Crippen LogP contribution in [-0.4, -0.2) is 7.11 Å². The summed E-state index contributed by atoms with van der Waals surface area (Å²) in [7, 11) is 1.34. The molecular weight excluding hydrogens is 319 g/mol. The average molecular weight is 332 g/mol. The summed E-state index contributed by atoms with van der Waals surface area (Å²) in [5, 5.41) is 0.785. The molecule has 1 unspecified atom stereocenters. The molecule has 0 aromatic heterocycles. The van der Waals surface area contributed by atoms with Crippen molar-refractivity contribution in [1.29, 1.82) is 0 Å². The van der Waals surface area contributed by atoms with Gasteiger partial charge in [-0.15, -0.1) is 0 Å². The third-order valence-electron chi connectivity index (χ3n) is 3.10. The molecule has 1 atom stereocenters. The van der Waals surface area contributed by atoms with Crippen LogP contribution in [0.25, 0.3) is 0 Å². The molecule has 0 heterocycles. The van der Waals surface area contributed by atoms with Crippen LogP contribution in [-0.2, 0) is 6.42 Å². The van der Waals surface area contributed by atoms with E-state index in [1.54, 1.807) is 18.2 Å². The second-order valence-electron chi connectivity index (χ2n) is 4.56. The highest BCUT2D eigenvalue weighted by Gasteiger charge is 2.19. The fourth-order valence-corrected chi connectivity index (χ4v) is 2.38. The smallest absolute Gasteiger partial charge is 0.134 e. The highest BCUT2D eigenvalue weighted by molar-refractivity contribution is 6.42. The molecule has 0 saturated carbocycles. The molecule has 0 radical (unpaired) electrons. The highest BCUT2D eigenvalue weighted by Crippen LogP contribution is 2.28. The van der Waals surface area contributed by atoms with E-state index in [4.69, 9.17) is 33.7 Å². The van der Waals surface area contributed by atoms with Gasteiger partial charge in [-0.2, -0.15) is 0 Å². The van der Waals surface area contributed by atoms with Crippen molar-refractivity contribution in [3.05, 3.63) is 63.1 Å². The summed E-state index contributed by atoms with van der Waals surface area (Å²) in [6.07, 6.45) is 0.233. The Morgan fingerprint density at radius 1 is 1.10 bits per heavy atom. The third kappa shape index (κ3) is 3.64. The molecule has 0 aliphatic carbocycles. The van der Waals surface area contributed by atoms with Gasteiger partial charge in [0.05, 0.1) is 17.2 Å². The van der Waals surface area contributed by atoms with E-state index >= 15 is 0 Å². The topological polar surface area (TPSA) is 35.2 Å². The molecule has 2 aromatic carbocycles. The van der Waals surface area contributed by atoms with E-state index in [1.165, 1.54) is 7.11 Å². The fourth-order valence-electron chi connectivity index (χ4n) is 2.06. The molecule has 21 heavy (non-hydrogen) atoms. The Bertz CT molecular complexity index is 641. The molecule has 2 aromatic rings. The van der Waals surface area contributed by atoms with Gasteiger partial charge in [-0.3, -0.25) is 0 Å². The van der Waals surface area contributed by atoms with Gasteiger partial charge in [0, 0.05) is 23.7 Å². The molecule has 0 aliphatic heterocycles. The maximum absolute atomic E-state index is 13.9. The number of hydrogen-bond donors (Lipinski definition) is 1. The van der Waals surface area contributed by atoms with Crippen molar-refractivity contribution < 1.29 is 13.5 Å². The standard InChI is InChI=1S/C15H13Cl2F2NO/c1-21-9-6-12(18)15(13(19)7-9)14(20)5-8-2-3-10(16)11(17)4-8/h2-4,6-7,14H,5,20H2,1H3. The SMILES string of the molecule is COc1cc(F)c(C(N)Cc2ccc(Cl)c(Cl)c2)c(F)c1. The molecule has 0 amide bonds. The maximum Gasteiger partial charge on any atom is 0.134 e.